The van der Waals surface area contributed by atoms with E-state index in [9.17, 15) is 32.1 Å². The van der Waals surface area contributed by atoms with Crippen molar-refractivity contribution < 1.29 is 46.3 Å². The van der Waals surface area contributed by atoms with Gasteiger partial charge in [-0.1, -0.05) is 18.2 Å². The fourth-order valence-corrected chi connectivity index (χ4v) is 4.64. The number of nitrogens with zero attached hydrogens (tertiary/aromatic N) is 1. The lowest BCUT2D eigenvalue weighted by Crippen LogP contribution is -2.47. The number of nitrogens with one attached hydrogen (secondary N) is 1. The van der Waals surface area contributed by atoms with Gasteiger partial charge < -0.3 is 24.6 Å². The molecule has 0 aliphatic heterocycles. The third-order valence-electron chi connectivity index (χ3n) is 5.32. The molecule has 1 amide bonds. The van der Waals surface area contributed by atoms with Crippen LogP contribution in [0.15, 0.2) is 48.7 Å². The maximum absolute atomic E-state index is 14.0. The first-order valence-electron chi connectivity index (χ1n) is 12.8. The Balaban J connectivity index is 2.09. The van der Waals surface area contributed by atoms with Crippen LogP contribution in [-0.2, 0) is 30.7 Å². The quantitative estimate of drug-likeness (QED) is 0.328. The molecule has 228 valence electrons. The second kappa shape index (κ2) is 13.6. The summed E-state index contributed by atoms with van der Waals surface area (Å²) in [6, 6.07) is 9.53. The average molecular weight is 603 g/mol. The zero-order valence-corrected chi connectivity index (χ0v) is 24.7. The maximum Gasteiger partial charge on any atom is 0.423 e. The van der Waals surface area contributed by atoms with Gasteiger partial charge in [0, 0.05) is 28.7 Å². The minimum Gasteiger partial charge on any atom is -0.458 e. The van der Waals surface area contributed by atoms with Gasteiger partial charge in [-0.3, -0.25) is 9.19 Å². The van der Waals surface area contributed by atoms with E-state index in [1.54, 1.807) is 71.9 Å². The summed E-state index contributed by atoms with van der Waals surface area (Å²) in [6.45, 7) is 9.76. The van der Waals surface area contributed by atoms with Crippen LogP contribution in [0.25, 0.3) is 0 Å². The molecule has 1 aromatic heterocycles. The molecule has 0 saturated heterocycles. The predicted molar refractivity (Wildman–Crippen MR) is 147 cm³/mol. The summed E-state index contributed by atoms with van der Waals surface area (Å²) in [5.74, 6) is -1.01. The van der Waals surface area contributed by atoms with E-state index in [1.165, 1.54) is 6.07 Å². The van der Waals surface area contributed by atoms with Crippen molar-refractivity contribution >= 4 is 22.9 Å². The van der Waals surface area contributed by atoms with Crippen LogP contribution in [0, 0.1) is 0 Å². The summed E-state index contributed by atoms with van der Waals surface area (Å²) in [5.41, 5.74) is -5.80. The third-order valence-corrected chi connectivity index (χ3v) is 6.67. The minimum atomic E-state index is -5.12. The average Bonchev–Trinajstić information content (AvgIpc) is 2.83. The van der Waals surface area contributed by atoms with Crippen molar-refractivity contribution in [2.24, 2.45) is 0 Å². The predicted octanol–water partition coefficient (Wildman–Crippen LogP) is 5.39. The third kappa shape index (κ3) is 11.3. The van der Waals surface area contributed by atoms with Crippen LogP contribution in [0.5, 0.6) is 11.5 Å². The summed E-state index contributed by atoms with van der Waals surface area (Å²) in [6.07, 6.45) is -6.12. The number of amides is 1. The van der Waals surface area contributed by atoms with Crippen LogP contribution in [0.4, 0.5) is 18.0 Å². The Hall–Kier alpha value is -3.19. The Kier molecular flexibility index (Phi) is 11.3. The fraction of sp³-hybridized carbons (Fsp3) is 0.536. The largest absolute Gasteiger partial charge is 0.458 e. The van der Waals surface area contributed by atoms with Gasteiger partial charge in [0.1, 0.15) is 28.7 Å². The molecule has 0 saturated carbocycles. The first-order valence-corrected chi connectivity index (χ1v) is 14.3. The molecule has 2 rings (SSSR count). The normalized spacial score (nSPS) is 15.3. The number of aromatic nitrogens is 1. The van der Waals surface area contributed by atoms with Crippen molar-refractivity contribution in [3.05, 3.63) is 54.4 Å². The monoisotopic (exact) mass is 602 g/mol. The van der Waals surface area contributed by atoms with Crippen LogP contribution in [-0.4, -0.2) is 61.3 Å². The summed E-state index contributed by atoms with van der Waals surface area (Å²) in [5, 5.41) is 13.0. The van der Waals surface area contributed by atoms with Crippen molar-refractivity contribution in [1.82, 2.24) is 10.3 Å². The van der Waals surface area contributed by atoms with Crippen molar-refractivity contribution in [1.29, 1.82) is 0 Å². The van der Waals surface area contributed by atoms with E-state index in [0.717, 1.165) is 12.3 Å². The van der Waals surface area contributed by atoms with Gasteiger partial charge in [0.15, 0.2) is 0 Å². The number of hydrogen-bond acceptors (Lipinski definition) is 8. The number of hydrogen-bond donors (Lipinski definition) is 2. The Morgan fingerprint density at radius 3 is 2.05 bits per heavy atom. The van der Waals surface area contributed by atoms with Crippen molar-refractivity contribution in [2.75, 3.05) is 11.5 Å². The zero-order valence-electron chi connectivity index (χ0n) is 23.9. The highest BCUT2D eigenvalue weighted by Crippen LogP contribution is 2.41. The van der Waals surface area contributed by atoms with Crippen LogP contribution >= 0.6 is 0 Å². The molecule has 41 heavy (non-hydrogen) atoms. The van der Waals surface area contributed by atoms with E-state index in [-0.39, 0.29) is 17.9 Å². The van der Waals surface area contributed by atoms with E-state index in [2.05, 4.69) is 10.3 Å². The molecule has 1 heterocycles. The van der Waals surface area contributed by atoms with Gasteiger partial charge in [0.25, 0.3) is 0 Å². The molecule has 3 atom stereocenters. The number of halogens is 3. The molecule has 1 aromatic carbocycles. The summed E-state index contributed by atoms with van der Waals surface area (Å²) < 4.78 is 70.7. The standard InChI is InChI=1S/C28H37F3N2O7S/c1-25(2,3)39-23(34)21(33-24(35)40-26(4,5)6)14-16-41(37)17-15-27(36,28(29,30)31)22-13-12-20(18-32-22)38-19-10-8-7-9-11-19/h7-13,18,21,36H,14-17H2,1-6H3,(H,33,35). The number of ether oxygens (including phenoxy) is 3. The maximum atomic E-state index is 14.0. The molecule has 0 aliphatic carbocycles. The smallest absolute Gasteiger partial charge is 0.423 e. The van der Waals surface area contributed by atoms with Gasteiger partial charge in [-0.25, -0.2) is 9.59 Å². The fourth-order valence-electron chi connectivity index (χ4n) is 3.41. The highest BCUT2D eigenvalue weighted by molar-refractivity contribution is 7.84. The number of carbonyl (C=O) groups is 2. The summed E-state index contributed by atoms with van der Waals surface area (Å²) in [4.78, 5) is 28.7. The highest BCUT2D eigenvalue weighted by Gasteiger charge is 2.55. The van der Waals surface area contributed by atoms with Crippen LogP contribution < -0.4 is 10.1 Å². The van der Waals surface area contributed by atoms with E-state index >= 15 is 0 Å². The van der Waals surface area contributed by atoms with Gasteiger partial charge in [0.05, 0.1) is 11.9 Å². The first kappa shape index (κ1) is 34.0. The lowest BCUT2D eigenvalue weighted by molar-refractivity contribution is -0.268. The number of alkyl halides is 3. The molecular weight excluding hydrogens is 565 g/mol. The molecule has 0 aliphatic rings. The van der Waals surface area contributed by atoms with Gasteiger partial charge in [-0.05, 0) is 72.2 Å². The number of aliphatic hydroxyl groups is 1. The van der Waals surface area contributed by atoms with E-state index in [0.29, 0.717) is 5.75 Å². The van der Waals surface area contributed by atoms with Gasteiger partial charge >= 0.3 is 18.2 Å². The molecule has 0 bridgehead atoms. The second-order valence-electron chi connectivity index (χ2n) is 11.3. The van der Waals surface area contributed by atoms with Crippen molar-refractivity contribution in [2.45, 2.75) is 83.4 Å². The van der Waals surface area contributed by atoms with Gasteiger partial charge in [-0.2, -0.15) is 13.2 Å². The van der Waals surface area contributed by atoms with Crippen molar-refractivity contribution in [3.8, 4) is 11.5 Å². The highest BCUT2D eigenvalue weighted by atomic mass is 32.2. The van der Waals surface area contributed by atoms with E-state index < -0.39 is 69.8 Å². The summed E-state index contributed by atoms with van der Waals surface area (Å²) >= 11 is 0. The first-order chi connectivity index (χ1) is 18.8. The Morgan fingerprint density at radius 2 is 1.54 bits per heavy atom. The Bertz CT molecular complexity index is 1180. The molecule has 0 fully saturated rings. The number of esters is 1. The van der Waals surface area contributed by atoms with E-state index in [1.807, 2.05) is 0 Å². The number of benzene rings is 1. The van der Waals surface area contributed by atoms with Crippen LogP contribution in [0.1, 0.15) is 60.1 Å². The van der Waals surface area contributed by atoms with Crippen LogP contribution in [0.2, 0.25) is 0 Å². The lowest BCUT2D eigenvalue weighted by Gasteiger charge is -2.30. The second-order valence-corrected chi connectivity index (χ2v) is 13.0. The van der Waals surface area contributed by atoms with Crippen LogP contribution in [0.3, 0.4) is 0 Å². The number of carbonyl (C=O) groups excluding carboxylic acids is 2. The van der Waals surface area contributed by atoms with E-state index in [4.69, 9.17) is 14.2 Å². The SMILES string of the molecule is CC(C)(C)OC(=O)NC(CCS(=O)CCC(O)(c1ccc(Oc2ccccc2)cn1)C(F)(F)F)C(=O)OC(C)(C)C. The zero-order chi connectivity index (χ0) is 31.1. The molecule has 3 unspecified atom stereocenters. The molecule has 0 radical (unpaired) electrons. The topological polar surface area (TPSA) is 124 Å². The number of para-hydroxylation sites is 1. The molecule has 2 N–H and O–H groups in total. The number of rotatable bonds is 11. The minimum absolute atomic E-state index is 0.165. The molecule has 9 nitrogen and oxygen atoms in total. The molecule has 13 heteroatoms. The molecule has 2 aromatic rings. The molecule has 0 spiro atoms. The van der Waals surface area contributed by atoms with Crippen molar-refractivity contribution in [3.63, 3.8) is 0 Å². The van der Waals surface area contributed by atoms with Gasteiger partial charge in [-0.15, -0.1) is 0 Å². The Labute approximate surface area is 240 Å². The Morgan fingerprint density at radius 1 is 0.927 bits per heavy atom. The lowest BCUT2D eigenvalue weighted by atomic mass is 9.95. The number of pyridine rings is 1. The summed E-state index contributed by atoms with van der Waals surface area (Å²) in [7, 11) is -1.91. The molecular formula is C28H37F3N2O7S. The number of alkyl carbamates (subject to hydrolysis) is 1. The van der Waals surface area contributed by atoms with Gasteiger partial charge in [0.2, 0.25) is 5.60 Å².